The molecule has 6 nitrogen and oxygen atoms in total. The Morgan fingerprint density at radius 3 is 2.58 bits per heavy atom. The molecule has 1 fully saturated rings. The van der Waals surface area contributed by atoms with Crippen LogP contribution < -0.4 is 14.8 Å². The lowest BCUT2D eigenvalue weighted by atomic mass is 10.0. The average molecular weight is 340 g/mol. The van der Waals surface area contributed by atoms with Gasteiger partial charge in [0.2, 0.25) is 0 Å². The molecule has 1 aliphatic heterocycles. The summed E-state index contributed by atoms with van der Waals surface area (Å²) in [7, 11) is 2.90. The Balaban J connectivity index is 2.44. The third kappa shape index (κ3) is 3.90. The van der Waals surface area contributed by atoms with Crippen LogP contribution in [0.1, 0.15) is 32.4 Å². The molecule has 24 heavy (non-hydrogen) atoms. The highest BCUT2D eigenvalue weighted by Gasteiger charge is 2.35. The summed E-state index contributed by atoms with van der Waals surface area (Å²) in [5.74, 6) is 0.0510. The molecule has 1 amide bonds. The number of carbonyl (C=O) groups excluding carboxylic acids is 1. The summed E-state index contributed by atoms with van der Waals surface area (Å²) in [4.78, 5) is 14.2. The molecule has 1 aromatic rings. The van der Waals surface area contributed by atoms with Crippen LogP contribution in [0.2, 0.25) is 0 Å². The van der Waals surface area contributed by atoms with E-state index < -0.39 is 23.6 Å². The predicted molar refractivity (Wildman–Crippen MR) is 88.1 cm³/mol. The molecule has 0 aromatic heterocycles. The Hall–Kier alpha value is -2.02. The Labute approximate surface area is 141 Å². The standard InChI is InChI=1S/C17H25FN2O4/c1-17(2,3)24-16(21)20-9-8-19-10-12(20)14-13(22-4)7-6-11(18)15(14)23-5/h6-7,12,19H,8-10H2,1-5H3. The van der Waals surface area contributed by atoms with Crippen molar-refractivity contribution in [2.45, 2.75) is 32.4 Å². The summed E-state index contributed by atoms with van der Waals surface area (Å²) in [6.45, 7) is 6.97. The van der Waals surface area contributed by atoms with Crippen LogP contribution in [0.3, 0.4) is 0 Å². The van der Waals surface area contributed by atoms with E-state index in [4.69, 9.17) is 14.2 Å². The second kappa shape index (κ2) is 7.25. The lowest BCUT2D eigenvalue weighted by molar-refractivity contribution is 0.0113. The Bertz CT molecular complexity index is 601. The van der Waals surface area contributed by atoms with Crippen LogP contribution in [0.25, 0.3) is 0 Å². The number of rotatable bonds is 3. The number of carbonyl (C=O) groups is 1. The van der Waals surface area contributed by atoms with E-state index in [1.54, 1.807) is 4.90 Å². The van der Waals surface area contributed by atoms with Gasteiger partial charge in [-0.2, -0.15) is 0 Å². The van der Waals surface area contributed by atoms with Crippen LogP contribution in [0, 0.1) is 5.82 Å². The first kappa shape index (κ1) is 18.3. The fourth-order valence-corrected chi connectivity index (χ4v) is 2.76. The van der Waals surface area contributed by atoms with E-state index in [-0.39, 0.29) is 5.75 Å². The molecule has 1 atom stereocenters. The number of hydrogen-bond donors (Lipinski definition) is 1. The van der Waals surface area contributed by atoms with Crippen LogP contribution in [0.5, 0.6) is 11.5 Å². The Morgan fingerprint density at radius 1 is 1.29 bits per heavy atom. The lowest BCUT2D eigenvalue weighted by Crippen LogP contribution is -2.50. The van der Waals surface area contributed by atoms with E-state index in [1.807, 2.05) is 20.8 Å². The quantitative estimate of drug-likeness (QED) is 0.917. The Kier molecular flexibility index (Phi) is 5.54. The average Bonchev–Trinajstić information content (AvgIpc) is 2.53. The second-order valence-electron chi connectivity index (χ2n) is 6.59. The molecule has 1 N–H and O–H groups in total. The largest absolute Gasteiger partial charge is 0.496 e. The normalized spacial score (nSPS) is 18.2. The summed E-state index contributed by atoms with van der Waals surface area (Å²) in [5.41, 5.74) is -0.110. The van der Waals surface area contributed by atoms with Crippen LogP contribution in [-0.2, 0) is 4.74 Å². The molecular formula is C17H25FN2O4. The number of hydrogen-bond acceptors (Lipinski definition) is 5. The molecule has 1 saturated heterocycles. The lowest BCUT2D eigenvalue weighted by Gasteiger charge is -2.38. The molecule has 0 saturated carbocycles. The summed E-state index contributed by atoms with van der Waals surface area (Å²) in [6.07, 6.45) is -0.442. The highest BCUT2D eigenvalue weighted by molar-refractivity contribution is 5.70. The van der Waals surface area contributed by atoms with Gasteiger partial charge >= 0.3 is 6.09 Å². The molecule has 0 radical (unpaired) electrons. The van der Waals surface area contributed by atoms with Gasteiger partial charge in [-0.05, 0) is 32.9 Å². The maximum atomic E-state index is 14.2. The number of halogens is 1. The number of amides is 1. The third-order valence-corrected chi connectivity index (χ3v) is 3.74. The van der Waals surface area contributed by atoms with Crippen molar-refractivity contribution in [3.05, 3.63) is 23.5 Å². The van der Waals surface area contributed by atoms with Crippen molar-refractivity contribution in [3.8, 4) is 11.5 Å². The highest BCUT2D eigenvalue weighted by atomic mass is 19.1. The van der Waals surface area contributed by atoms with Crippen LogP contribution in [0.4, 0.5) is 9.18 Å². The van der Waals surface area contributed by atoms with Crippen molar-refractivity contribution in [1.82, 2.24) is 10.2 Å². The molecule has 0 spiro atoms. The monoisotopic (exact) mass is 340 g/mol. The first-order chi connectivity index (χ1) is 11.3. The molecule has 134 valence electrons. The van der Waals surface area contributed by atoms with E-state index in [2.05, 4.69) is 5.32 Å². The van der Waals surface area contributed by atoms with E-state index in [0.29, 0.717) is 30.9 Å². The third-order valence-electron chi connectivity index (χ3n) is 3.74. The van der Waals surface area contributed by atoms with Gasteiger partial charge in [0.15, 0.2) is 11.6 Å². The van der Waals surface area contributed by atoms with Gasteiger partial charge in [-0.15, -0.1) is 0 Å². The second-order valence-corrected chi connectivity index (χ2v) is 6.59. The van der Waals surface area contributed by atoms with Gasteiger partial charge < -0.3 is 19.5 Å². The van der Waals surface area contributed by atoms with E-state index in [9.17, 15) is 9.18 Å². The molecule has 1 unspecified atom stereocenters. The van der Waals surface area contributed by atoms with Crippen molar-refractivity contribution in [1.29, 1.82) is 0 Å². The van der Waals surface area contributed by atoms with Crippen molar-refractivity contribution >= 4 is 6.09 Å². The van der Waals surface area contributed by atoms with Gasteiger partial charge in [0.25, 0.3) is 0 Å². The van der Waals surface area contributed by atoms with E-state index in [1.165, 1.54) is 26.4 Å². The number of nitrogens with one attached hydrogen (secondary N) is 1. The van der Waals surface area contributed by atoms with E-state index in [0.717, 1.165) is 0 Å². The number of methoxy groups -OCH3 is 2. The molecule has 1 heterocycles. The number of piperazine rings is 1. The Morgan fingerprint density at radius 2 is 2.00 bits per heavy atom. The fraction of sp³-hybridized carbons (Fsp3) is 0.588. The molecule has 7 heteroatoms. The summed E-state index contributed by atoms with van der Waals surface area (Å²) >= 11 is 0. The zero-order chi connectivity index (χ0) is 17.9. The maximum absolute atomic E-state index is 14.2. The fourth-order valence-electron chi connectivity index (χ4n) is 2.76. The van der Waals surface area contributed by atoms with Crippen molar-refractivity contribution < 1.29 is 23.4 Å². The molecule has 0 aliphatic carbocycles. The first-order valence-corrected chi connectivity index (χ1v) is 7.89. The minimum absolute atomic E-state index is 0.0802. The maximum Gasteiger partial charge on any atom is 0.410 e. The number of nitrogens with zero attached hydrogens (tertiary/aromatic N) is 1. The summed E-state index contributed by atoms with van der Waals surface area (Å²) < 4.78 is 30.3. The first-order valence-electron chi connectivity index (χ1n) is 7.89. The van der Waals surface area contributed by atoms with Gasteiger partial charge in [0.1, 0.15) is 11.4 Å². The van der Waals surface area contributed by atoms with Gasteiger partial charge in [-0.1, -0.05) is 0 Å². The summed E-state index contributed by atoms with van der Waals surface area (Å²) in [5, 5.41) is 3.22. The number of ether oxygens (including phenoxy) is 3. The molecular weight excluding hydrogens is 315 g/mol. The minimum atomic E-state index is -0.609. The molecule has 0 bridgehead atoms. The van der Waals surface area contributed by atoms with Crippen LogP contribution in [0.15, 0.2) is 12.1 Å². The summed E-state index contributed by atoms with van der Waals surface area (Å²) in [6, 6.07) is 2.37. The smallest absolute Gasteiger partial charge is 0.410 e. The van der Waals surface area contributed by atoms with Gasteiger partial charge in [-0.25, -0.2) is 9.18 Å². The van der Waals surface area contributed by atoms with Gasteiger partial charge in [-0.3, -0.25) is 4.90 Å². The zero-order valence-electron chi connectivity index (χ0n) is 14.8. The number of benzene rings is 1. The zero-order valence-corrected chi connectivity index (χ0v) is 14.8. The SMILES string of the molecule is COc1ccc(F)c(OC)c1C1CNCCN1C(=O)OC(C)(C)C. The van der Waals surface area contributed by atoms with E-state index >= 15 is 0 Å². The van der Waals surface area contributed by atoms with Gasteiger partial charge in [0.05, 0.1) is 25.8 Å². The van der Waals surface area contributed by atoms with Crippen molar-refractivity contribution in [2.24, 2.45) is 0 Å². The van der Waals surface area contributed by atoms with Crippen LogP contribution >= 0.6 is 0 Å². The topological polar surface area (TPSA) is 60.0 Å². The van der Waals surface area contributed by atoms with Crippen molar-refractivity contribution in [2.75, 3.05) is 33.9 Å². The van der Waals surface area contributed by atoms with Crippen molar-refractivity contribution in [3.63, 3.8) is 0 Å². The highest BCUT2D eigenvalue weighted by Crippen LogP contribution is 2.39. The van der Waals surface area contributed by atoms with Crippen LogP contribution in [-0.4, -0.2) is 50.4 Å². The molecule has 2 rings (SSSR count). The van der Waals surface area contributed by atoms with Gasteiger partial charge in [0, 0.05) is 19.6 Å². The molecule has 1 aliphatic rings. The molecule has 1 aromatic carbocycles. The predicted octanol–water partition coefficient (Wildman–Crippen LogP) is 2.72. The minimum Gasteiger partial charge on any atom is -0.496 e.